The van der Waals surface area contributed by atoms with Crippen LogP contribution in [0.2, 0.25) is 0 Å². The van der Waals surface area contributed by atoms with E-state index in [1.165, 1.54) is 25.7 Å². The van der Waals surface area contributed by atoms with E-state index in [1.807, 2.05) is 0 Å². The van der Waals surface area contributed by atoms with Gasteiger partial charge >= 0.3 is 29.6 Å². The summed E-state index contributed by atoms with van der Waals surface area (Å²) in [5, 5.41) is 21.4. The molecule has 5 heteroatoms. The van der Waals surface area contributed by atoms with E-state index in [0.29, 0.717) is 6.42 Å². The van der Waals surface area contributed by atoms with Gasteiger partial charge in [-0.3, -0.25) is 0 Å². The van der Waals surface area contributed by atoms with Gasteiger partial charge in [0.05, 0.1) is 5.97 Å². The van der Waals surface area contributed by atoms with Gasteiger partial charge in [0, 0.05) is 0 Å². The number of unbranched alkanes of at least 4 members (excludes halogenated alkanes) is 2. The van der Waals surface area contributed by atoms with Crippen LogP contribution >= 0.6 is 0 Å². The summed E-state index contributed by atoms with van der Waals surface area (Å²) in [6, 6.07) is 0. The van der Waals surface area contributed by atoms with Crippen molar-refractivity contribution in [3.8, 4) is 0 Å². The first kappa shape index (κ1) is 15.9. The summed E-state index contributed by atoms with van der Waals surface area (Å²) in [7, 11) is 0. The standard InChI is InChI=1S/C11H19NO3.Na/c13-11(14)10(12-15)8-3-1-2-5-9-6-4-7-9;/h9,15H,1-8H2,(H,13,14);/q;+1/p-1. The van der Waals surface area contributed by atoms with E-state index in [9.17, 15) is 9.90 Å². The molecule has 0 spiro atoms. The molecule has 0 aromatic heterocycles. The van der Waals surface area contributed by atoms with Gasteiger partial charge in [-0.2, -0.15) is 0 Å². The summed E-state index contributed by atoms with van der Waals surface area (Å²) in [5.74, 6) is -0.450. The van der Waals surface area contributed by atoms with Crippen molar-refractivity contribution in [2.24, 2.45) is 11.1 Å². The minimum atomic E-state index is -1.36. The summed E-state index contributed by atoms with van der Waals surface area (Å²) in [6.45, 7) is 0. The summed E-state index contributed by atoms with van der Waals surface area (Å²) in [4.78, 5) is 10.4. The van der Waals surface area contributed by atoms with Crippen molar-refractivity contribution < 1.29 is 44.7 Å². The molecule has 0 radical (unpaired) electrons. The first-order valence-electron chi connectivity index (χ1n) is 5.66. The molecule has 0 amide bonds. The van der Waals surface area contributed by atoms with Gasteiger partial charge in [-0.05, 0) is 18.8 Å². The van der Waals surface area contributed by atoms with Gasteiger partial charge in [-0.1, -0.05) is 43.7 Å². The van der Waals surface area contributed by atoms with E-state index in [2.05, 4.69) is 5.16 Å². The third-order valence-electron chi connectivity index (χ3n) is 3.11. The smallest absolute Gasteiger partial charge is 0.543 e. The van der Waals surface area contributed by atoms with Crippen LogP contribution in [-0.2, 0) is 4.79 Å². The quantitative estimate of drug-likeness (QED) is 0.188. The van der Waals surface area contributed by atoms with Gasteiger partial charge in [-0.15, -0.1) is 0 Å². The van der Waals surface area contributed by atoms with Crippen LogP contribution in [0, 0.1) is 5.92 Å². The Kier molecular flexibility index (Phi) is 8.99. The molecular formula is C11H18NNaO3. The Hall–Kier alpha value is -0.0600. The minimum absolute atomic E-state index is 0. The van der Waals surface area contributed by atoms with Crippen molar-refractivity contribution in [1.29, 1.82) is 0 Å². The van der Waals surface area contributed by atoms with Crippen molar-refractivity contribution in [3.63, 3.8) is 0 Å². The van der Waals surface area contributed by atoms with Crippen LogP contribution in [0.15, 0.2) is 5.16 Å². The largest absolute Gasteiger partial charge is 1.00 e. The van der Waals surface area contributed by atoms with Gasteiger partial charge in [0.15, 0.2) is 0 Å². The number of aliphatic carboxylic acids is 1. The molecule has 0 bridgehead atoms. The Morgan fingerprint density at radius 1 is 1.31 bits per heavy atom. The van der Waals surface area contributed by atoms with Gasteiger partial charge < -0.3 is 15.1 Å². The number of carbonyl (C=O) groups excluding carboxylic acids is 1. The molecule has 0 saturated heterocycles. The summed E-state index contributed by atoms with van der Waals surface area (Å²) in [5.41, 5.74) is -0.237. The number of carboxylic acids is 1. The van der Waals surface area contributed by atoms with Crippen molar-refractivity contribution in [2.45, 2.75) is 51.4 Å². The van der Waals surface area contributed by atoms with Crippen molar-refractivity contribution in [2.75, 3.05) is 0 Å². The molecule has 0 unspecified atom stereocenters. The fraction of sp³-hybridized carbons (Fsp3) is 0.818. The number of hydrogen-bond acceptors (Lipinski definition) is 4. The monoisotopic (exact) mass is 235 g/mol. The van der Waals surface area contributed by atoms with Gasteiger partial charge in [0.1, 0.15) is 5.71 Å². The van der Waals surface area contributed by atoms with Gasteiger partial charge in [0.2, 0.25) is 0 Å². The van der Waals surface area contributed by atoms with E-state index in [4.69, 9.17) is 5.21 Å². The molecule has 1 aliphatic rings. The van der Waals surface area contributed by atoms with E-state index >= 15 is 0 Å². The zero-order valence-corrected chi connectivity index (χ0v) is 11.9. The molecule has 16 heavy (non-hydrogen) atoms. The summed E-state index contributed by atoms with van der Waals surface area (Å²) < 4.78 is 0. The predicted molar refractivity (Wildman–Crippen MR) is 54.7 cm³/mol. The van der Waals surface area contributed by atoms with Crippen LogP contribution in [-0.4, -0.2) is 16.9 Å². The third kappa shape index (κ3) is 5.87. The normalized spacial score (nSPS) is 16.4. The molecule has 1 saturated carbocycles. The van der Waals surface area contributed by atoms with E-state index in [0.717, 1.165) is 25.2 Å². The Balaban J connectivity index is 0.00000225. The second-order valence-corrected chi connectivity index (χ2v) is 4.23. The van der Waals surface area contributed by atoms with Crippen LogP contribution in [0.1, 0.15) is 51.4 Å². The van der Waals surface area contributed by atoms with Crippen molar-refractivity contribution in [1.82, 2.24) is 0 Å². The van der Waals surface area contributed by atoms with Gasteiger partial charge in [0.25, 0.3) is 0 Å². The molecule has 0 atom stereocenters. The van der Waals surface area contributed by atoms with Crippen LogP contribution in [0.4, 0.5) is 0 Å². The second-order valence-electron chi connectivity index (χ2n) is 4.23. The number of nitrogens with zero attached hydrogens (tertiary/aromatic N) is 1. The number of carbonyl (C=O) groups is 1. The Morgan fingerprint density at radius 2 is 2.00 bits per heavy atom. The Labute approximate surface area is 118 Å². The number of oxime groups is 1. The maximum atomic E-state index is 10.4. The molecule has 0 aromatic carbocycles. The third-order valence-corrected chi connectivity index (χ3v) is 3.11. The van der Waals surface area contributed by atoms with Crippen molar-refractivity contribution in [3.05, 3.63) is 0 Å². The average molecular weight is 235 g/mol. The minimum Gasteiger partial charge on any atom is -0.543 e. The fourth-order valence-electron chi connectivity index (χ4n) is 1.88. The molecule has 0 aliphatic heterocycles. The van der Waals surface area contributed by atoms with E-state index in [-0.39, 0.29) is 35.3 Å². The summed E-state index contributed by atoms with van der Waals surface area (Å²) >= 11 is 0. The Morgan fingerprint density at radius 3 is 2.44 bits per heavy atom. The second kappa shape index (κ2) is 9.02. The number of hydrogen-bond donors (Lipinski definition) is 1. The molecule has 4 nitrogen and oxygen atoms in total. The van der Waals surface area contributed by atoms with E-state index < -0.39 is 5.97 Å². The SMILES string of the molecule is O=C([O-])C(CCCCCC1CCC1)=NO.[Na+]. The maximum absolute atomic E-state index is 10.4. The average Bonchev–Trinajstić information content (AvgIpc) is 2.13. The fourth-order valence-corrected chi connectivity index (χ4v) is 1.88. The van der Waals surface area contributed by atoms with Gasteiger partial charge in [-0.25, -0.2) is 0 Å². The molecule has 1 N–H and O–H groups in total. The zero-order chi connectivity index (χ0) is 11.1. The molecule has 86 valence electrons. The van der Waals surface area contributed by atoms with Crippen LogP contribution in [0.25, 0.3) is 0 Å². The first-order valence-corrected chi connectivity index (χ1v) is 5.66. The maximum Gasteiger partial charge on any atom is 1.00 e. The van der Waals surface area contributed by atoms with Crippen LogP contribution in [0.3, 0.4) is 0 Å². The topological polar surface area (TPSA) is 72.7 Å². The first-order chi connectivity index (χ1) is 7.24. The Bertz CT molecular complexity index is 239. The number of carboxylic acid groups (broad SMARTS) is 1. The van der Waals surface area contributed by atoms with E-state index in [1.54, 1.807) is 0 Å². The predicted octanol–water partition coefficient (Wildman–Crippen LogP) is -1.68. The summed E-state index contributed by atoms with van der Waals surface area (Å²) in [6.07, 6.45) is 8.58. The van der Waals surface area contributed by atoms with Crippen LogP contribution < -0.4 is 34.7 Å². The molecular weight excluding hydrogens is 217 g/mol. The molecule has 1 fully saturated rings. The number of rotatable bonds is 7. The zero-order valence-electron chi connectivity index (χ0n) is 9.95. The molecule has 0 heterocycles. The van der Waals surface area contributed by atoms with Crippen molar-refractivity contribution >= 4 is 11.7 Å². The molecule has 0 aromatic rings. The molecule has 1 rings (SSSR count). The van der Waals surface area contributed by atoms with Crippen LogP contribution in [0.5, 0.6) is 0 Å². The molecule has 1 aliphatic carbocycles.